The van der Waals surface area contributed by atoms with Gasteiger partial charge in [0.2, 0.25) is 5.91 Å². The van der Waals surface area contributed by atoms with E-state index in [1.165, 1.54) is 6.42 Å². The molecule has 1 amide bonds. The number of nitrogens with one attached hydrogen (secondary N) is 1. The van der Waals surface area contributed by atoms with Gasteiger partial charge in [0.25, 0.3) is 0 Å². The Morgan fingerprint density at radius 1 is 1.10 bits per heavy atom. The van der Waals surface area contributed by atoms with Gasteiger partial charge in [-0.05, 0) is 55.9 Å². The van der Waals surface area contributed by atoms with Crippen LogP contribution in [0.15, 0.2) is 12.2 Å². The Morgan fingerprint density at radius 3 is 2.71 bits per heavy atom. The average Bonchev–Trinajstić information content (AvgIpc) is 2.76. The fourth-order valence-corrected chi connectivity index (χ4v) is 6.10. The minimum atomic E-state index is -0.0496. The molecule has 0 aromatic rings. The molecule has 4 aliphatic rings. The summed E-state index contributed by atoms with van der Waals surface area (Å²) in [6, 6.07) is 0.290. The van der Waals surface area contributed by atoms with Gasteiger partial charge in [0.15, 0.2) is 0 Å². The second-order valence-electron chi connectivity index (χ2n) is 8.13. The Labute approximate surface area is 126 Å². The van der Waals surface area contributed by atoms with Crippen molar-refractivity contribution < 1.29 is 9.59 Å². The van der Waals surface area contributed by atoms with E-state index in [2.05, 4.69) is 25.2 Å². The molecule has 1 N–H and O–H groups in total. The first-order valence-electron chi connectivity index (χ1n) is 8.48. The summed E-state index contributed by atoms with van der Waals surface area (Å²) in [5.74, 6) is 2.43. The van der Waals surface area contributed by atoms with Crippen LogP contribution in [-0.2, 0) is 9.59 Å². The lowest BCUT2D eigenvalue weighted by molar-refractivity contribution is -0.134. The fourth-order valence-electron chi connectivity index (χ4n) is 6.10. The highest BCUT2D eigenvalue weighted by Crippen LogP contribution is 2.62. The summed E-state index contributed by atoms with van der Waals surface area (Å²) in [6.45, 7) is 4.54. The fraction of sp³-hybridized carbons (Fsp3) is 0.778. The molecule has 6 atom stereocenters. The zero-order valence-electron chi connectivity index (χ0n) is 13.0. The van der Waals surface area contributed by atoms with Crippen molar-refractivity contribution in [3.8, 4) is 0 Å². The molecule has 0 radical (unpaired) electrons. The minimum absolute atomic E-state index is 0.0496. The molecule has 21 heavy (non-hydrogen) atoms. The normalized spacial score (nSPS) is 51.9. The molecule has 3 aliphatic carbocycles. The Bertz CT molecular complexity index is 539. The van der Waals surface area contributed by atoms with Gasteiger partial charge in [-0.1, -0.05) is 19.9 Å². The van der Waals surface area contributed by atoms with Crippen molar-refractivity contribution in [1.82, 2.24) is 5.32 Å². The second kappa shape index (κ2) is 4.21. The van der Waals surface area contributed by atoms with Crippen molar-refractivity contribution in [2.24, 2.45) is 28.6 Å². The lowest BCUT2D eigenvalue weighted by Gasteiger charge is -2.57. The van der Waals surface area contributed by atoms with E-state index >= 15 is 0 Å². The molecule has 3 fully saturated rings. The molecule has 4 rings (SSSR count). The number of hydrogen-bond acceptors (Lipinski definition) is 2. The molecule has 0 saturated heterocycles. The Hall–Kier alpha value is -1.12. The lowest BCUT2D eigenvalue weighted by Crippen LogP contribution is -2.59. The monoisotopic (exact) mass is 287 g/mol. The summed E-state index contributed by atoms with van der Waals surface area (Å²) < 4.78 is 0. The average molecular weight is 287 g/mol. The van der Waals surface area contributed by atoms with E-state index in [4.69, 9.17) is 0 Å². The molecule has 0 spiro atoms. The number of carbonyl (C=O) groups is 2. The van der Waals surface area contributed by atoms with Crippen molar-refractivity contribution in [2.45, 2.75) is 58.4 Å². The van der Waals surface area contributed by atoms with Crippen LogP contribution in [0.3, 0.4) is 0 Å². The number of rotatable bonds is 0. The van der Waals surface area contributed by atoms with Crippen molar-refractivity contribution in [3.63, 3.8) is 0 Å². The number of Topliss-reactive ketones (excluding diaryl/α,β-unsaturated/α-hetero) is 1. The van der Waals surface area contributed by atoms with Gasteiger partial charge in [-0.15, -0.1) is 0 Å². The van der Waals surface area contributed by atoms with Crippen LogP contribution in [0.25, 0.3) is 0 Å². The molecule has 3 saturated carbocycles. The molecule has 3 nitrogen and oxygen atoms in total. The number of amides is 1. The zero-order valence-corrected chi connectivity index (χ0v) is 13.0. The highest BCUT2D eigenvalue weighted by molar-refractivity contribution is 5.89. The van der Waals surface area contributed by atoms with Crippen LogP contribution in [-0.4, -0.2) is 17.7 Å². The van der Waals surface area contributed by atoms with Crippen LogP contribution in [0, 0.1) is 28.6 Å². The third-order valence-corrected chi connectivity index (χ3v) is 7.39. The summed E-state index contributed by atoms with van der Waals surface area (Å²) in [5, 5.41) is 3.18. The standard InChI is InChI=1S/C18H25NO2/c1-17-10-8-16(21)19-14(17)5-3-11-12-4-6-15(20)18(12,2)9-7-13(11)17/h8,10-14H,3-7,9H2,1-2H3,(H,19,21)/t11-,12-,13-,14+,17+,18-/m0/s1. The SMILES string of the molecule is C[C@]12C=CC(=O)N[C@@H]1CC[C@@H]1[C@@H]2CC[C@]2(C)C(=O)CC[C@@H]12. The van der Waals surface area contributed by atoms with E-state index in [1.54, 1.807) is 6.08 Å². The number of hydrogen-bond donors (Lipinski definition) is 1. The molecule has 0 bridgehead atoms. The van der Waals surface area contributed by atoms with E-state index < -0.39 is 0 Å². The summed E-state index contributed by atoms with van der Waals surface area (Å²) >= 11 is 0. The van der Waals surface area contributed by atoms with Gasteiger partial charge in [-0.2, -0.15) is 0 Å². The zero-order chi connectivity index (χ0) is 14.8. The predicted octanol–water partition coefficient (Wildman–Crippen LogP) is 2.85. The summed E-state index contributed by atoms with van der Waals surface area (Å²) in [4.78, 5) is 24.0. The highest BCUT2D eigenvalue weighted by atomic mass is 16.1. The molecule has 114 valence electrons. The third kappa shape index (κ3) is 1.66. The smallest absolute Gasteiger partial charge is 0.243 e. The van der Waals surface area contributed by atoms with Gasteiger partial charge < -0.3 is 5.32 Å². The Kier molecular flexibility index (Phi) is 2.71. The predicted molar refractivity (Wildman–Crippen MR) is 80.5 cm³/mol. The van der Waals surface area contributed by atoms with Gasteiger partial charge in [0.1, 0.15) is 5.78 Å². The molecule has 1 aliphatic heterocycles. The molecular weight excluding hydrogens is 262 g/mol. The van der Waals surface area contributed by atoms with E-state index in [9.17, 15) is 9.59 Å². The molecule has 3 heteroatoms. The van der Waals surface area contributed by atoms with E-state index in [1.807, 2.05) is 0 Å². The van der Waals surface area contributed by atoms with Crippen LogP contribution in [0.4, 0.5) is 0 Å². The first-order chi connectivity index (χ1) is 9.95. The Morgan fingerprint density at radius 2 is 1.90 bits per heavy atom. The van der Waals surface area contributed by atoms with Crippen LogP contribution in [0.2, 0.25) is 0 Å². The van der Waals surface area contributed by atoms with Crippen LogP contribution < -0.4 is 5.32 Å². The third-order valence-electron chi connectivity index (χ3n) is 7.39. The maximum absolute atomic E-state index is 12.3. The maximum atomic E-state index is 12.3. The highest BCUT2D eigenvalue weighted by Gasteiger charge is 2.59. The Balaban J connectivity index is 1.70. The first kappa shape index (κ1) is 13.5. The largest absolute Gasteiger partial charge is 0.349 e. The summed E-state index contributed by atoms with van der Waals surface area (Å²) in [6.07, 6.45) is 10.2. The topological polar surface area (TPSA) is 46.2 Å². The molecular formula is C18H25NO2. The minimum Gasteiger partial charge on any atom is -0.349 e. The maximum Gasteiger partial charge on any atom is 0.243 e. The lowest BCUT2D eigenvalue weighted by atomic mass is 9.48. The van der Waals surface area contributed by atoms with Gasteiger partial charge in [-0.25, -0.2) is 0 Å². The van der Waals surface area contributed by atoms with Crippen LogP contribution in [0.1, 0.15) is 52.4 Å². The van der Waals surface area contributed by atoms with Crippen molar-refractivity contribution in [2.75, 3.05) is 0 Å². The molecule has 0 unspecified atom stereocenters. The van der Waals surface area contributed by atoms with Gasteiger partial charge in [0.05, 0.1) is 0 Å². The van der Waals surface area contributed by atoms with E-state index in [0.717, 1.165) is 32.1 Å². The van der Waals surface area contributed by atoms with E-state index in [0.29, 0.717) is 23.5 Å². The second-order valence-corrected chi connectivity index (χ2v) is 8.13. The van der Waals surface area contributed by atoms with Gasteiger partial charge >= 0.3 is 0 Å². The molecule has 0 aromatic heterocycles. The van der Waals surface area contributed by atoms with Gasteiger partial charge in [0, 0.05) is 23.3 Å². The number of carbonyl (C=O) groups excluding carboxylic acids is 2. The van der Waals surface area contributed by atoms with E-state index in [-0.39, 0.29) is 22.8 Å². The van der Waals surface area contributed by atoms with Crippen LogP contribution >= 0.6 is 0 Å². The van der Waals surface area contributed by atoms with Crippen molar-refractivity contribution in [1.29, 1.82) is 0 Å². The number of ketones is 1. The van der Waals surface area contributed by atoms with Crippen molar-refractivity contribution in [3.05, 3.63) is 12.2 Å². The molecule has 1 heterocycles. The first-order valence-corrected chi connectivity index (χ1v) is 8.48. The van der Waals surface area contributed by atoms with Gasteiger partial charge in [-0.3, -0.25) is 9.59 Å². The quantitative estimate of drug-likeness (QED) is 0.744. The number of fused-ring (bicyclic) bond motifs is 5. The summed E-state index contributed by atoms with van der Waals surface area (Å²) in [7, 11) is 0. The van der Waals surface area contributed by atoms with Crippen molar-refractivity contribution >= 4 is 11.7 Å². The van der Waals surface area contributed by atoms with Crippen LogP contribution in [0.5, 0.6) is 0 Å². The molecule has 0 aromatic carbocycles. The summed E-state index contributed by atoms with van der Waals surface area (Å²) in [5.41, 5.74) is 0.0375.